The molecule has 1 rings (SSSR count). The number of primary amides is 1. The number of nitrogens with two attached hydrogens (primary N) is 2. The van der Waals surface area contributed by atoms with Crippen molar-refractivity contribution in [3.63, 3.8) is 0 Å². The van der Waals surface area contributed by atoms with E-state index < -0.39 is 23.6 Å². The van der Waals surface area contributed by atoms with Crippen molar-refractivity contribution in [2.45, 2.75) is 13.0 Å². The second-order valence-electron chi connectivity index (χ2n) is 2.60. The summed E-state index contributed by atoms with van der Waals surface area (Å²) < 4.78 is 25.1. The van der Waals surface area contributed by atoms with E-state index >= 15 is 0 Å². The highest BCUT2D eigenvalue weighted by molar-refractivity contribution is 5.92. The van der Waals surface area contributed by atoms with Crippen LogP contribution in [0.2, 0.25) is 0 Å². The fourth-order valence-electron chi connectivity index (χ4n) is 1.13. The fourth-order valence-corrected chi connectivity index (χ4v) is 1.13. The molecule has 1 aromatic rings. The third kappa shape index (κ3) is 1.85. The van der Waals surface area contributed by atoms with Crippen molar-refractivity contribution in [1.82, 2.24) is 4.98 Å². The highest BCUT2D eigenvalue weighted by atomic mass is 19.3. The van der Waals surface area contributed by atoms with Crippen molar-refractivity contribution in [1.29, 1.82) is 0 Å². The van der Waals surface area contributed by atoms with Crippen LogP contribution in [0, 0.1) is 0 Å². The first-order chi connectivity index (χ1) is 6.57. The lowest BCUT2D eigenvalue weighted by Crippen LogP contribution is -2.18. The molecule has 1 heterocycles. The van der Waals surface area contributed by atoms with E-state index in [4.69, 9.17) is 11.5 Å². The summed E-state index contributed by atoms with van der Waals surface area (Å²) in [6.45, 7) is -0.0809. The van der Waals surface area contributed by atoms with Gasteiger partial charge in [0.25, 0.3) is 12.3 Å². The van der Waals surface area contributed by atoms with Gasteiger partial charge in [-0.05, 0) is 11.6 Å². The van der Waals surface area contributed by atoms with Gasteiger partial charge in [0.05, 0.1) is 5.56 Å². The van der Waals surface area contributed by atoms with Gasteiger partial charge in [0.2, 0.25) is 0 Å². The van der Waals surface area contributed by atoms with Gasteiger partial charge in [0.15, 0.2) is 0 Å². The largest absolute Gasteiger partial charge is 0.364 e. The number of rotatable bonds is 3. The van der Waals surface area contributed by atoms with E-state index in [9.17, 15) is 13.6 Å². The second-order valence-corrected chi connectivity index (χ2v) is 2.60. The maximum Gasteiger partial charge on any atom is 0.267 e. The molecule has 0 saturated carbocycles. The molecule has 0 aliphatic heterocycles. The Bertz CT molecular complexity index is 354. The van der Waals surface area contributed by atoms with E-state index in [1.165, 1.54) is 12.3 Å². The number of hydrogen-bond donors (Lipinski definition) is 2. The van der Waals surface area contributed by atoms with Crippen molar-refractivity contribution in [3.8, 4) is 0 Å². The monoisotopic (exact) mass is 201 g/mol. The highest BCUT2D eigenvalue weighted by Crippen LogP contribution is 2.24. The van der Waals surface area contributed by atoms with Crippen LogP contribution in [0.5, 0.6) is 0 Å². The standard InChI is InChI=1S/C8H9F2N3O/c9-7(10)5-4(3-11)1-2-13-6(5)8(12)14/h1-2,7H,3,11H2,(H2,12,14). The van der Waals surface area contributed by atoms with Crippen LogP contribution in [0.3, 0.4) is 0 Å². The normalized spacial score (nSPS) is 10.6. The minimum Gasteiger partial charge on any atom is -0.364 e. The van der Waals surface area contributed by atoms with Gasteiger partial charge in [-0.3, -0.25) is 9.78 Å². The number of hydrogen-bond acceptors (Lipinski definition) is 3. The van der Waals surface area contributed by atoms with Gasteiger partial charge in [-0.1, -0.05) is 0 Å². The molecule has 0 radical (unpaired) electrons. The maximum absolute atomic E-state index is 12.5. The predicted molar refractivity (Wildman–Crippen MR) is 45.6 cm³/mol. The zero-order valence-corrected chi connectivity index (χ0v) is 7.21. The van der Waals surface area contributed by atoms with E-state index in [-0.39, 0.29) is 12.1 Å². The molecule has 14 heavy (non-hydrogen) atoms. The van der Waals surface area contributed by atoms with Gasteiger partial charge >= 0.3 is 0 Å². The SMILES string of the molecule is NCc1ccnc(C(N)=O)c1C(F)F. The lowest BCUT2D eigenvalue weighted by Gasteiger charge is -2.09. The number of nitrogens with zero attached hydrogens (tertiary/aromatic N) is 1. The summed E-state index contributed by atoms with van der Waals surface area (Å²) >= 11 is 0. The number of carbonyl (C=O) groups excluding carboxylic acids is 1. The van der Waals surface area contributed by atoms with Crippen LogP contribution in [-0.4, -0.2) is 10.9 Å². The Kier molecular flexibility index (Phi) is 3.08. The quantitative estimate of drug-likeness (QED) is 0.750. The molecule has 1 aromatic heterocycles. The van der Waals surface area contributed by atoms with Gasteiger partial charge in [-0.25, -0.2) is 8.78 Å². The Morgan fingerprint density at radius 3 is 2.64 bits per heavy atom. The minimum absolute atomic E-state index is 0.0809. The topological polar surface area (TPSA) is 82.0 Å². The Morgan fingerprint density at radius 1 is 1.57 bits per heavy atom. The molecule has 4 nitrogen and oxygen atoms in total. The number of alkyl halides is 2. The summed E-state index contributed by atoms with van der Waals surface area (Å²) in [6.07, 6.45) is -1.57. The smallest absolute Gasteiger partial charge is 0.267 e. The number of amides is 1. The summed E-state index contributed by atoms with van der Waals surface area (Å²) in [5.41, 5.74) is 9.44. The van der Waals surface area contributed by atoms with E-state index in [1.807, 2.05) is 0 Å². The summed E-state index contributed by atoms with van der Waals surface area (Å²) in [4.78, 5) is 14.3. The van der Waals surface area contributed by atoms with E-state index in [0.717, 1.165) is 0 Å². The highest BCUT2D eigenvalue weighted by Gasteiger charge is 2.21. The number of halogens is 2. The molecule has 0 unspecified atom stereocenters. The van der Waals surface area contributed by atoms with Gasteiger partial charge in [0.1, 0.15) is 5.69 Å². The van der Waals surface area contributed by atoms with Crippen LogP contribution in [0.25, 0.3) is 0 Å². The number of carbonyl (C=O) groups is 1. The Hall–Kier alpha value is -1.56. The van der Waals surface area contributed by atoms with Gasteiger partial charge in [-0.2, -0.15) is 0 Å². The molecular weight excluding hydrogens is 192 g/mol. The maximum atomic E-state index is 12.5. The van der Waals surface area contributed by atoms with Crippen molar-refractivity contribution in [2.24, 2.45) is 11.5 Å². The molecule has 0 spiro atoms. The van der Waals surface area contributed by atoms with Gasteiger partial charge < -0.3 is 11.5 Å². The summed E-state index contributed by atoms with van der Waals surface area (Å²) in [6, 6.07) is 1.34. The Balaban J connectivity index is 3.35. The van der Waals surface area contributed by atoms with E-state index in [0.29, 0.717) is 0 Å². The molecular formula is C8H9F2N3O. The van der Waals surface area contributed by atoms with Crippen LogP contribution in [0.1, 0.15) is 28.0 Å². The van der Waals surface area contributed by atoms with Crippen LogP contribution in [0.15, 0.2) is 12.3 Å². The molecule has 0 atom stereocenters. The molecule has 0 saturated heterocycles. The molecule has 76 valence electrons. The predicted octanol–water partition coefficient (Wildman–Crippen LogP) is 0.577. The van der Waals surface area contributed by atoms with Gasteiger partial charge in [0, 0.05) is 12.7 Å². The van der Waals surface area contributed by atoms with Crippen LogP contribution < -0.4 is 11.5 Å². The Labute approximate surface area is 78.9 Å². The molecule has 0 bridgehead atoms. The fraction of sp³-hybridized carbons (Fsp3) is 0.250. The van der Waals surface area contributed by atoms with Crippen molar-refractivity contribution in [2.75, 3.05) is 0 Å². The number of aromatic nitrogens is 1. The van der Waals surface area contributed by atoms with Crippen LogP contribution in [0.4, 0.5) is 8.78 Å². The average Bonchev–Trinajstić information content (AvgIpc) is 2.16. The molecule has 0 aliphatic rings. The van der Waals surface area contributed by atoms with Crippen LogP contribution in [-0.2, 0) is 6.54 Å². The molecule has 1 amide bonds. The molecule has 0 aromatic carbocycles. The first-order valence-corrected chi connectivity index (χ1v) is 3.83. The van der Waals surface area contributed by atoms with Crippen molar-refractivity contribution >= 4 is 5.91 Å². The summed E-state index contributed by atoms with van der Waals surface area (Å²) in [7, 11) is 0. The van der Waals surface area contributed by atoms with Crippen molar-refractivity contribution in [3.05, 3.63) is 29.1 Å². The first-order valence-electron chi connectivity index (χ1n) is 3.83. The number of pyridine rings is 1. The molecule has 4 N–H and O–H groups in total. The Morgan fingerprint density at radius 2 is 2.21 bits per heavy atom. The lowest BCUT2D eigenvalue weighted by atomic mass is 10.1. The summed E-state index contributed by atoms with van der Waals surface area (Å²) in [5, 5.41) is 0. The van der Waals surface area contributed by atoms with Crippen LogP contribution >= 0.6 is 0 Å². The van der Waals surface area contributed by atoms with E-state index in [2.05, 4.69) is 4.98 Å². The first kappa shape index (κ1) is 10.5. The zero-order chi connectivity index (χ0) is 10.7. The zero-order valence-electron chi connectivity index (χ0n) is 7.21. The molecule has 6 heteroatoms. The average molecular weight is 201 g/mol. The molecule has 0 aliphatic carbocycles. The van der Waals surface area contributed by atoms with E-state index in [1.54, 1.807) is 0 Å². The van der Waals surface area contributed by atoms with Crippen molar-refractivity contribution < 1.29 is 13.6 Å². The third-order valence-electron chi connectivity index (χ3n) is 1.75. The summed E-state index contributed by atoms with van der Waals surface area (Å²) in [5.74, 6) is -0.976. The minimum atomic E-state index is -2.80. The molecule has 0 fully saturated rings. The lowest BCUT2D eigenvalue weighted by molar-refractivity contribution is 0.0979. The third-order valence-corrected chi connectivity index (χ3v) is 1.75. The second kappa shape index (κ2) is 4.10. The van der Waals surface area contributed by atoms with Gasteiger partial charge in [-0.15, -0.1) is 0 Å².